The van der Waals surface area contributed by atoms with Crippen LogP contribution >= 0.6 is 0 Å². The van der Waals surface area contributed by atoms with Crippen LogP contribution < -0.4 is 16.0 Å². The molecule has 3 amide bonds. The van der Waals surface area contributed by atoms with Crippen LogP contribution in [0.5, 0.6) is 0 Å². The first-order chi connectivity index (χ1) is 45.8. The number of aliphatic hydroxyl groups excluding tert-OH is 22. The van der Waals surface area contributed by atoms with Crippen LogP contribution in [0, 0.1) is 0 Å². The molecule has 1 unspecified atom stereocenters. The smallest absolute Gasteiger partial charge is 0.217 e. The molecule has 43 nitrogen and oxygen atoms in total. The SMILES string of the molecule is CC(=O)N[C@H]1[C@H](O[C@H]2[C@H](O)[C@@H](NC(C)=O)C(O)O[C@@H]2CO[C@H]2O[C@H](C)[C@H](O)[C@H](O)[C@H]2O)O[C@H](CO)[C@@H](O[C@@H]2O[C@H](CO[C@H]3O[C@H](CO)[C@@H](O)[C@H](O)[C@@H]3O[C@@H]3O[C@H](CO)[C@@H](O[C@@H]4O[C@H](CO)[C@H](O)[C@H](O)[C@H]4O)[C@H](O)[C@H]3NC(C)=O)[C@@H](O)[C@H](O[C@H]3O[C@H](CO)[C@@H](O)[C@H](O)[C@@H]3O)[C@@H]2O)[C@@H]1O. The van der Waals surface area contributed by atoms with E-state index in [0.717, 1.165) is 20.8 Å². The lowest BCUT2D eigenvalue weighted by Crippen LogP contribution is -2.70. The molecule has 0 bridgehead atoms. The van der Waals surface area contributed by atoms with E-state index in [2.05, 4.69) is 16.0 Å². The summed E-state index contributed by atoms with van der Waals surface area (Å²) in [6, 6.07) is -5.42. The van der Waals surface area contributed by atoms with Crippen molar-refractivity contribution in [2.24, 2.45) is 0 Å². The molecule has 0 aromatic carbocycles. The van der Waals surface area contributed by atoms with Gasteiger partial charge in [0, 0.05) is 20.8 Å². The van der Waals surface area contributed by atoms with Crippen LogP contribution in [0.1, 0.15) is 27.7 Å². The van der Waals surface area contributed by atoms with Gasteiger partial charge in [-0.2, -0.15) is 0 Å². The first-order valence-corrected chi connectivity index (χ1v) is 31.0. The molecular weight excluding hydrogens is 1330 g/mol. The number of nitrogens with one attached hydrogen (secondary N) is 3. The second-order valence-corrected chi connectivity index (χ2v) is 24.6. The summed E-state index contributed by atoms with van der Waals surface area (Å²) < 4.78 is 87.6. The van der Waals surface area contributed by atoms with E-state index in [9.17, 15) is 127 Å². The van der Waals surface area contributed by atoms with Crippen LogP contribution in [-0.4, -0.2) is 422 Å². The second-order valence-electron chi connectivity index (χ2n) is 24.6. The number of ether oxygens (including phenoxy) is 15. The van der Waals surface area contributed by atoms with Gasteiger partial charge in [-0.05, 0) is 6.92 Å². The van der Waals surface area contributed by atoms with E-state index in [1.54, 1.807) is 0 Å². The van der Waals surface area contributed by atoms with Crippen molar-refractivity contribution in [1.29, 1.82) is 0 Å². The van der Waals surface area contributed by atoms with E-state index in [4.69, 9.17) is 71.1 Å². The van der Waals surface area contributed by atoms with Crippen molar-refractivity contribution >= 4 is 17.7 Å². The number of aliphatic hydroxyl groups is 22. The van der Waals surface area contributed by atoms with Gasteiger partial charge in [0.05, 0.1) is 52.4 Å². The third-order valence-electron chi connectivity index (χ3n) is 17.8. The highest BCUT2D eigenvalue weighted by atomic mass is 16.8. The molecule has 8 rings (SSSR count). The van der Waals surface area contributed by atoms with Gasteiger partial charge in [-0.3, -0.25) is 14.4 Å². The van der Waals surface area contributed by atoms with Crippen LogP contribution in [0.2, 0.25) is 0 Å². The number of hydrogen-bond donors (Lipinski definition) is 25. The zero-order valence-electron chi connectivity index (χ0n) is 52.2. The number of carbonyl (C=O) groups is 3. The Morgan fingerprint density at radius 2 is 0.619 bits per heavy atom. The fraction of sp³-hybridized carbons (Fsp3) is 0.944. The Bertz CT molecular complexity index is 2490. The Balaban J connectivity index is 1.07. The minimum absolute atomic E-state index is 0.790. The Morgan fingerprint density at radius 1 is 0.289 bits per heavy atom. The van der Waals surface area contributed by atoms with E-state index in [1.165, 1.54) is 6.92 Å². The molecule has 562 valence electrons. The van der Waals surface area contributed by atoms with Crippen molar-refractivity contribution in [1.82, 2.24) is 16.0 Å². The lowest BCUT2D eigenvalue weighted by molar-refractivity contribution is -0.389. The van der Waals surface area contributed by atoms with E-state index in [1.807, 2.05) is 0 Å². The number of hydrogen-bond acceptors (Lipinski definition) is 40. The highest BCUT2D eigenvalue weighted by Gasteiger charge is 2.59. The molecule has 0 spiro atoms. The van der Waals surface area contributed by atoms with Crippen molar-refractivity contribution in [3.8, 4) is 0 Å². The van der Waals surface area contributed by atoms with E-state index < -0.39 is 309 Å². The molecule has 0 aromatic heterocycles. The first kappa shape index (κ1) is 79.6. The monoisotopic (exact) mass is 1420 g/mol. The van der Waals surface area contributed by atoms with Crippen LogP contribution in [0.3, 0.4) is 0 Å². The van der Waals surface area contributed by atoms with Gasteiger partial charge in [-0.25, -0.2) is 0 Å². The molecule has 8 aliphatic heterocycles. The largest absolute Gasteiger partial charge is 0.394 e. The Kier molecular flexibility index (Phi) is 28.3. The van der Waals surface area contributed by atoms with Gasteiger partial charge in [0.1, 0.15) is 189 Å². The third kappa shape index (κ3) is 17.6. The van der Waals surface area contributed by atoms with Gasteiger partial charge >= 0.3 is 0 Å². The summed E-state index contributed by atoms with van der Waals surface area (Å²) in [5, 5.41) is 247. The summed E-state index contributed by atoms with van der Waals surface area (Å²) in [4.78, 5) is 38.0. The predicted octanol–water partition coefficient (Wildman–Crippen LogP) is -17.0. The molecule has 8 saturated heterocycles. The van der Waals surface area contributed by atoms with Gasteiger partial charge in [0.15, 0.2) is 50.3 Å². The molecule has 43 heteroatoms. The molecule has 0 aliphatic carbocycles. The van der Waals surface area contributed by atoms with Gasteiger partial charge in [-0.15, -0.1) is 0 Å². The summed E-state index contributed by atoms with van der Waals surface area (Å²) in [6.45, 7) is -2.76. The molecule has 25 N–H and O–H groups in total. The molecular formula is C54H91N3O40. The second kappa shape index (κ2) is 34.5. The summed E-state index contributed by atoms with van der Waals surface area (Å²) in [6.07, 6.45) is -72.4. The van der Waals surface area contributed by atoms with Crippen molar-refractivity contribution in [3.63, 3.8) is 0 Å². The zero-order valence-corrected chi connectivity index (χ0v) is 52.2. The molecule has 40 atom stereocenters. The van der Waals surface area contributed by atoms with Gasteiger partial charge in [-0.1, -0.05) is 0 Å². The molecule has 8 fully saturated rings. The van der Waals surface area contributed by atoms with Gasteiger partial charge in [0.25, 0.3) is 0 Å². The van der Waals surface area contributed by atoms with Crippen LogP contribution in [0.4, 0.5) is 0 Å². The molecule has 8 aliphatic rings. The number of rotatable bonds is 24. The van der Waals surface area contributed by atoms with Crippen molar-refractivity contribution in [2.75, 3.05) is 46.2 Å². The zero-order chi connectivity index (χ0) is 71.5. The van der Waals surface area contributed by atoms with Crippen LogP contribution in [0.25, 0.3) is 0 Å². The Hall–Kier alpha value is -3.07. The topological polar surface area (TPSA) is 671 Å². The van der Waals surface area contributed by atoms with E-state index in [0.29, 0.717) is 0 Å². The first-order valence-electron chi connectivity index (χ1n) is 31.0. The maximum Gasteiger partial charge on any atom is 0.217 e. The normalized spacial score (nSPS) is 49.9. The standard InChI is InChI=1S/C54H91N3O40/c1-12-26(66)34(74)38(78)50(85-12)83-11-22-44(31(71)23(47(82)86-22)55-13(2)63)93-48-24(56-14(3)64)32(72)43(20(9-62)90-48)95-53-41(81)45(96-52-40(80)36(76)28(68)17(6-59)88-52)30(70)21(92-53)10-84-54-46(37(77)29(69)18(7-60)89-54)97-49-25(57-15(4)65)33(73)42(19(8-61)91-49)94-51-39(79)35(75)27(67)16(5-58)87-51/h12,16-54,58-62,66-82H,5-11H2,1-4H3,(H,55,63)(H,56,64)(H,57,65)/t12-,16-,17-,18-,19-,20-,21-,22-,23-,24-,25-,26+,27+,28-,29-,30-,31-,32-,33-,34+,35+,36+,37+,38-,39-,40+,41+,42-,43-,44-,45+,46+,47?,48+,49+,50+,51+,52-,53+,54+/m1/s1. The van der Waals surface area contributed by atoms with Crippen molar-refractivity contribution in [3.05, 3.63) is 0 Å². The average Bonchev–Trinajstić information content (AvgIpc) is 0.777. The minimum atomic E-state index is -2.39. The predicted molar refractivity (Wildman–Crippen MR) is 298 cm³/mol. The van der Waals surface area contributed by atoms with Gasteiger partial charge in [0.2, 0.25) is 17.7 Å². The van der Waals surface area contributed by atoms with Gasteiger partial charge < -0.3 is 199 Å². The molecule has 0 aromatic rings. The van der Waals surface area contributed by atoms with Crippen LogP contribution in [-0.2, 0) is 85.4 Å². The molecule has 0 radical (unpaired) electrons. The van der Waals surface area contributed by atoms with Crippen molar-refractivity contribution in [2.45, 2.75) is 273 Å². The quantitative estimate of drug-likeness (QED) is 0.0427. The lowest BCUT2D eigenvalue weighted by atomic mass is 9.93. The average molecular weight is 1420 g/mol. The maximum absolute atomic E-state index is 13.0. The molecule has 8 heterocycles. The van der Waals surface area contributed by atoms with Crippen LogP contribution in [0.15, 0.2) is 0 Å². The van der Waals surface area contributed by atoms with E-state index in [-0.39, 0.29) is 0 Å². The lowest BCUT2D eigenvalue weighted by Gasteiger charge is -2.50. The van der Waals surface area contributed by atoms with Crippen molar-refractivity contribution < 1.29 is 198 Å². The number of amides is 3. The maximum atomic E-state index is 13.0. The molecule has 97 heavy (non-hydrogen) atoms. The van der Waals surface area contributed by atoms with E-state index >= 15 is 0 Å². The highest BCUT2D eigenvalue weighted by Crippen LogP contribution is 2.38. The summed E-state index contributed by atoms with van der Waals surface area (Å²) in [5.41, 5.74) is 0. The summed E-state index contributed by atoms with van der Waals surface area (Å²) >= 11 is 0. The molecule has 0 saturated carbocycles. The Morgan fingerprint density at radius 3 is 1.08 bits per heavy atom. The fourth-order valence-corrected chi connectivity index (χ4v) is 12.4. The highest BCUT2D eigenvalue weighted by molar-refractivity contribution is 5.74. The summed E-state index contributed by atoms with van der Waals surface area (Å²) in [5.74, 6) is -2.60. The third-order valence-corrected chi connectivity index (χ3v) is 17.8. The Labute approximate surface area is 549 Å². The fourth-order valence-electron chi connectivity index (χ4n) is 12.4. The summed E-state index contributed by atoms with van der Waals surface area (Å²) in [7, 11) is 0. The minimum Gasteiger partial charge on any atom is -0.394 e. The number of carbonyl (C=O) groups excluding carboxylic acids is 3.